The molecule has 0 aliphatic heterocycles. The van der Waals surface area contributed by atoms with E-state index in [2.05, 4.69) is 10.3 Å². The number of rotatable bonds is 5. The van der Waals surface area contributed by atoms with Gasteiger partial charge in [0, 0.05) is 18.0 Å². The Hall–Kier alpha value is -1.97. The molecule has 1 heterocycles. The van der Waals surface area contributed by atoms with Crippen molar-refractivity contribution in [1.82, 2.24) is 4.98 Å². The van der Waals surface area contributed by atoms with Gasteiger partial charge < -0.3 is 15.0 Å². The monoisotopic (exact) mass is 234 g/mol. The van der Waals surface area contributed by atoms with Gasteiger partial charge in [-0.3, -0.25) is 0 Å². The van der Waals surface area contributed by atoms with Gasteiger partial charge in [0.15, 0.2) is 0 Å². The molecule has 90 valence electrons. The molecule has 0 aliphatic carbocycles. The zero-order valence-electron chi connectivity index (χ0n) is 9.66. The molecule has 0 saturated carbocycles. The molecule has 0 fully saturated rings. The van der Waals surface area contributed by atoms with E-state index in [1.54, 1.807) is 6.07 Å². The molecule has 0 bridgehead atoms. The SMILES string of the molecule is CCOc1cc(F)ccc1NCc1ccc[nH]1. The second kappa shape index (κ2) is 5.39. The Kier molecular flexibility index (Phi) is 3.65. The van der Waals surface area contributed by atoms with Crippen LogP contribution in [0, 0.1) is 5.82 Å². The summed E-state index contributed by atoms with van der Waals surface area (Å²) in [5.41, 5.74) is 1.86. The van der Waals surface area contributed by atoms with Crippen molar-refractivity contribution >= 4 is 5.69 Å². The van der Waals surface area contributed by atoms with E-state index in [-0.39, 0.29) is 5.82 Å². The van der Waals surface area contributed by atoms with Crippen LogP contribution < -0.4 is 10.1 Å². The normalized spacial score (nSPS) is 10.2. The van der Waals surface area contributed by atoms with Crippen LogP contribution >= 0.6 is 0 Å². The van der Waals surface area contributed by atoms with Crippen molar-refractivity contribution < 1.29 is 9.13 Å². The number of anilines is 1. The second-order valence-corrected chi connectivity index (χ2v) is 3.62. The second-order valence-electron chi connectivity index (χ2n) is 3.62. The quantitative estimate of drug-likeness (QED) is 0.833. The van der Waals surface area contributed by atoms with Gasteiger partial charge in [-0.15, -0.1) is 0 Å². The fraction of sp³-hybridized carbons (Fsp3) is 0.231. The number of ether oxygens (including phenoxy) is 1. The Morgan fingerprint density at radius 3 is 2.94 bits per heavy atom. The first-order chi connectivity index (χ1) is 8.29. The smallest absolute Gasteiger partial charge is 0.145 e. The van der Waals surface area contributed by atoms with Crippen molar-refractivity contribution in [3.8, 4) is 5.75 Å². The standard InChI is InChI=1S/C13H15FN2O/c1-2-17-13-8-10(14)5-6-12(13)16-9-11-4-3-7-15-11/h3-8,15-16H,2,9H2,1H3. The average Bonchev–Trinajstić information content (AvgIpc) is 2.81. The molecule has 0 unspecified atom stereocenters. The number of H-pyrrole nitrogens is 1. The maximum absolute atomic E-state index is 13.1. The molecule has 3 nitrogen and oxygen atoms in total. The van der Waals surface area contributed by atoms with Crippen molar-refractivity contribution in [2.24, 2.45) is 0 Å². The number of nitrogens with one attached hydrogen (secondary N) is 2. The molecule has 2 rings (SSSR count). The zero-order chi connectivity index (χ0) is 12.1. The molecule has 1 aromatic heterocycles. The van der Waals surface area contributed by atoms with Gasteiger partial charge in [0.2, 0.25) is 0 Å². The number of hydrogen-bond donors (Lipinski definition) is 2. The van der Waals surface area contributed by atoms with Crippen molar-refractivity contribution in [2.75, 3.05) is 11.9 Å². The Labute approximate surface area is 99.6 Å². The van der Waals surface area contributed by atoms with Crippen LogP contribution in [0.1, 0.15) is 12.6 Å². The lowest BCUT2D eigenvalue weighted by molar-refractivity contribution is 0.339. The minimum atomic E-state index is -0.293. The Bertz CT molecular complexity index is 468. The maximum atomic E-state index is 13.1. The lowest BCUT2D eigenvalue weighted by Gasteiger charge is -2.11. The van der Waals surface area contributed by atoms with E-state index in [1.165, 1.54) is 12.1 Å². The molecule has 2 aromatic rings. The van der Waals surface area contributed by atoms with Crippen molar-refractivity contribution in [2.45, 2.75) is 13.5 Å². The van der Waals surface area contributed by atoms with E-state index in [0.29, 0.717) is 18.9 Å². The summed E-state index contributed by atoms with van der Waals surface area (Å²) in [7, 11) is 0. The third-order valence-corrected chi connectivity index (χ3v) is 2.38. The van der Waals surface area contributed by atoms with Gasteiger partial charge in [0.25, 0.3) is 0 Å². The summed E-state index contributed by atoms with van der Waals surface area (Å²) in [6.45, 7) is 3.04. The first kappa shape index (κ1) is 11.5. The summed E-state index contributed by atoms with van der Waals surface area (Å²) >= 11 is 0. The van der Waals surface area contributed by atoms with Gasteiger partial charge in [-0.25, -0.2) is 4.39 Å². The Balaban J connectivity index is 2.08. The molecule has 4 heteroatoms. The molecule has 0 amide bonds. The summed E-state index contributed by atoms with van der Waals surface area (Å²) in [6.07, 6.45) is 1.87. The van der Waals surface area contributed by atoms with Crippen LogP contribution in [0.3, 0.4) is 0 Å². The third kappa shape index (κ3) is 3.00. The van der Waals surface area contributed by atoms with Crippen molar-refractivity contribution in [1.29, 1.82) is 0 Å². The number of aromatic amines is 1. The largest absolute Gasteiger partial charge is 0.492 e. The van der Waals surface area contributed by atoms with Crippen LogP contribution in [-0.4, -0.2) is 11.6 Å². The highest BCUT2D eigenvalue weighted by Crippen LogP contribution is 2.25. The number of hydrogen-bond acceptors (Lipinski definition) is 2. The average molecular weight is 234 g/mol. The predicted molar refractivity (Wildman–Crippen MR) is 65.7 cm³/mol. The maximum Gasteiger partial charge on any atom is 0.145 e. The van der Waals surface area contributed by atoms with E-state index in [9.17, 15) is 4.39 Å². The van der Waals surface area contributed by atoms with Crippen molar-refractivity contribution in [3.63, 3.8) is 0 Å². The van der Waals surface area contributed by atoms with Gasteiger partial charge in [-0.1, -0.05) is 0 Å². The molecular weight excluding hydrogens is 219 g/mol. The van der Waals surface area contributed by atoms with E-state index in [1.807, 2.05) is 25.3 Å². The zero-order valence-corrected chi connectivity index (χ0v) is 9.66. The summed E-state index contributed by atoms with van der Waals surface area (Å²) in [5.74, 6) is 0.248. The Morgan fingerprint density at radius 2 is 2.24 bits per heavy atom. The van der Waals surface area contributed by atoms with E-state index >= 15 is 0 Å². The Morgan fingerprint density at radius 1 is 1.35 bits per heavy atom. The van der Waals surface area contributed by atoms with E-state index < -0.39 is 0 Å². The first-order valence-corrected chi connectivity index (χ1v) is 5.58. The lowest BCUT2D eigenvalue weighted by atomic mass is 10.2. The predicted octanol–water partition coefficient (Wildman–Crippen LogP) is 3.16. The molecule has 2 N–H and O–H groups in total. The first-order valence-electron chi connectivity index (χ1n) is 5.58. The number of benzene rings is 1. The summed E-state index contributed by atoms with van der Waals surface area (Å²) < 4.78 is 18.4. The van der Waals surface area contributed by atoms with E-state index in [0.717, 1.165) is 11.4 Å². The van der Waals surface area contributed by atoms with E-state index in [4.69, 9.17) is 4.74 Å². The number of aromatic nitrogens is 1. The van der Waals surface area contributed by atoms with Gasteiger partial charge >= 0.3 is 0 Å². The lowest BCUT2D eigenvalue weighted by Crippen LogP contribution is -2.03. The topological polar surface area (TPSA) is 37.0 Å². The van der Waals surface area contributed by atoms with Crippen LogP contribution in [0.4, 0.5) is 10.1 Å². The molecule has 0 aliphatic rings. The van der Waals surface area contributed by atoms with Crippen LogP contribution in [0.25, 0.3) is 0 Å². The minimum Gasteiger partial charge on any atom is -0.492 e. The molecule has 0 saturated heterocycles. The molecule has 0 spiro atoms. The summed E-state index contributed by atoms with van der Waals surface area (Å²) in [5, 5.41) is 3.20. The van der Waals surface area contributed by atoms with Gasteiger partial charge in [0.05, 0.1) is 18.8 Å². The van der Waals surface area contributed by atoms with Crippen molar-refractivity contribution in [3.05, 3.63) is 48.0 Å². The minimum absolute atomic E-state index is 0.293. The molecular formula is C13H15FN2O. The molecule has 1 aromatic carbocycles. The molecule has 0 radical (unpaired) electrons. The highest BCUT2D eigenvalue weighted by Gasteiger charge is 2.04. The number of halogens is 1. The van der Waals surface area contributed by atoms with Crippen LogP contribution in [0.5, 0.6) is 5.75 Å². The highest BCUT2D eigenvalue weighted by atomic mass is 19.1. The summed E-state index contributed by atoms with van der Waals surface area (Å²) in [4.78, 5) is 3.09. The van der Waals surface area contributed by atoms with Gasteiger partial charge in [-0.05, 0) is 31.2 Å². The fourth-order valence-corrected chi connectivity index (χ4v) is 1.59. The van der Waals surface area contributed by atoms with Gasteiger partial charge in [0.1, 0.15) is 11.6 Å². The van der Waals surface area contributed by atoms with Crippen LogP contribution in [0.15, 0.2) is 36.5 Å². The summed E-state index contributed by atoms with van der Waals surface area (Å²) in [6, 6.07) is 8.41. The molecule has 17 heavy (non-hydrogen) atoms. The van der Waals surface area contributed by atoms with Crippen LogP contribution in [-0.2, 0) is 6.54 Å². The van der Waals surface area contributed by atoms with Crippen LogP contribution in [0.2, 0.25) is 0 Å². The van der Waals surface area contributed by atoms with Gasteiger partial charge in [-0.2, -0.15) is 0 Å². The molecule has 0 atom stereocenters. The third-order valence-electron chi connectivity index (χ3n) is 2.38. The highest BCUT2D eigenvalue weighted by molar-refractivity contribution is 5.56. The fourth-order valence-electron chi connectivity index (χ4n) is 1.59.